The SMILES string of the molecule is OCCN(CC1CCCCC1)CC1CCNCC1. The molecule has 0 aromatic heterocycles. The van der Waals surface area contributed by atoms with Crippen LogP contribution in [0.5, 0.6) is 0 Å². The van der Waals surface area contributed by atoms with E-state index in [9.17, 15) is 5.11 Å². The van der Waals surface area contributed by atoms with E-state index in [0.717, 1.165) is 18.4 Å². The normalized spacial score (nSPS) is 23.7. The van der Waals surface area contributed by atoms with Gasteiger partial charge in [-0.15, -0.1) is 0 Å². The molecule has 2 fully saturated rings. The third-order valence-electron chi connectivity index (χ3n) is 4.63. The number of aliphatic hydroxyl groups is 1. The Kier molecular flexibility index (Phi) is 6.46. The number of rotatable bonds is 6. The summed E-state index contributed by atoms with van der Waals surface area (Å²) in [6.45, 7) is 5.99. The van der Waals surface area contributed by atoms with Crippen molar-refractivity contribution >= 4 is 0 Å². The summed E-state index contributed by atoms with van der Waals surface area (Å²) in [5.41, 5.74) is 0. The van der Waals surface area contributed by atoms with Crippen molar-refractivity contribution in [2.45, 2.75) is 44.9 Å². The number of nitrogens with one attached hydrogen (secondary N) is 1. The first-order valence-corrected chi connectivity index (χ1v) is 7.92. The predicted molar refractivity (Wildman–Crippen MR) is 75.7 cm³/mol. The van der Waals surface area contributed by atoms with Gasteiger partial charge in [-0.2, -0.15) is 0 Å². The quantitative estimate of drug-likeness (QED) is 0.759. The summed E-state index contributed by atoms with van der Waals surface area (Å²) in [4.78, 5) is 2.53. The second-order valence-electron chi connectivity index (χ2n) is 6.18. The van der Waals surface area contributed by atoms with E-state index in [1.54, 1.807) is 0 Å². The Balaban J connectivity index is 1.74. The Morgan fingerprint density at radius 2 is 1.50 bits per heavy atom. The molecule has 2 aliphatic rings. The van der Waals surface area contributed by atoms with Crippen molar-refractivity contribution in [3.8, 4) is 0 Å². The number of aliphatic hydroxyl groups excluding tert-OH is 1. The van der Waals surface area contributed by atoms with Crippen LogP contribution in [0.3, 0.4) is 0 Å². The molecular weight excluding hydrogens is 224 g/mol. The molecule has 2 N–H and O–H groups in total. The molecule has 1 heterocycles. The lowest BCUT2D eigenvalue weighted by atomic mass is 9.88. The molecule has 0 radical (unpaired) electrons. The van der Waals surface area contributed by atoms with Crippen molar-refractivity contribution in [2.24, 2.45) is 11.8 Å². The zero-order chi connectivity index (χ0) is 12.6. The first-order chi connectivity index (χ1) is 8.88. The molecule has 0 aromatic rings. The lowest BCUT2D eigenvalue weighted by Crippen LogP contribution is -2.40. The van der Waals surface area contributed by atoms with Crippen LogP contribution in [-0.4, -0.2) is 49.3 Å². The van der Waals surface area contributed by atoms with E-state index in [4.69, 9.17) is 0 Å². The molecule has 3 heteroatoms. The molecule has 2 rings (SSSR count). The molecule has 3 nitrogen and oxygen atoms in total. The highest BCUT2D eigenvalue weighted by atomic mass is 16.3. The van der Waals surface area contributed by atoms with E-state index in [1.165, 1.54) is 71.1 Å². The second-order valence-corrected chi connectivity index (χ2v) is 6.18. The van der Waals surface area contributed by atoms with Gasteiger partial charge in [-0.05, 0) is 50.6 Å². The highest BCUT2D eigenvalue weighted by molar-refractivity contribution is 4.75. The van der Waals surface area contributed by atoms with E-state index in [0.29, 0.717) is 6.61 Å². The predicted octanol–water partition coefficient (Wildman–Crippen LogP) is 1.86. The summed E-state index contributed by atoms with van der Waals surface area (Å²) in [6.07, 6.45) is 9.72. The van der Waals surface area contributed by atoms with Gasteiger partial charge in [-0.25, -0.2) is 0 Å². The summed E-state index contributed by atoms with van der Waals surface area (Å²) in [5.74, 6) is 1.74. The molecule has 0 unspecified atom stereocenters. The van der Waals surface area contributed by atoms with Crippen LogP contribution in [0.4, 0.5) is 0 Å². The molecule has 18 heavy (non-hydrogen) atoms. The maximum Gasteiger partial charge on any atom is 0.0558 e. The lowest BCUT2D eigenvalue weighted by Gasteiger charge is -2.33. The Morgan fingerprint density at radius 3 is 2.11 bits per heavy atom. The maximum absolute atomic E-state index is 9.24. The van der Waals surface area contributed by atoms with Gasteiger partial charge in [0.15, 0.2) is 0 Å². The zero-order valence-corrected chi connectivity index (χ0v) is 11.7. The minimum absolute atomic E-state index is 0.317. The first kappa shape index (κ1) is 14.3. The van der Waals surface area contributed by atoms with Crippen molar-refractivity contribution in [2.75, 3.05) is 39.3 Å². The maximum atomic E-state index is 9.24. The monoisotopic (exact) mass is 254 g/mol. The number of nitrogens with zero attached hydrogens (tertiary/aromatic N) is 1. The minimum atomic E-state index is 0.317. The molecule has 1 saturated carbocycles. The van der Waals surface area contributed by atoms with Crippen molar-refractivity contribution in [3.05, 3.63) is 0 Å². The van der Waals surface area contributed by atoms with Gasteiger partial charge in [0.05, 0.1) is 6.61 Å². The van der Waals surface area contributed by atoms with Crippen LogP contribution >= 0.6 is 0 Å². The fourth-order valence-corrected chi connectivity index (χ4v) is 3.56. The van der Waals surface area contributed by atoms with Gasteiger partial charge in [0.25, 0.3) is 0 Å². The van der Waals surface area contributed by atoms with E-state index < -0.39 is 0 Å². The van der Waals surface area contributed by atoms with Crippen molar-refractivity contribution < 1.29 is 5.11 Å². The van der Waals surface area contributed by atoms with Crippen LogP contribution in [0.2, 0.25) is 0 Å². The number of hydrogen-bond acceptors (Lipinski definition) is 3. The highest BCUT2D eigenvalue weighted by Crippen LogP contribution is 2.25. The van der Waals surface area contributed by atoms with Crippen LogP contribution in [0, 0.1) is 11.8 Å². The molecule has 1 aliphatic carbocycles. The van der Waals surface area contributed by atoms with E-state index in [1.807, 2.05) is 0 Å². The smallest absolute Gasteiger partial charge is 0.0558 e. The zero-order valence-electron chi connectivity index (χ0n) is 11.7. The van der Waals surface area contributed by atoms with Crippen molar-refractivity contribution in [3.63, 3.8) is 0 Å². The van der Waals surface area contributed by atoms with Gasteiger partial charge in [0, 0.05) is 19.6 Å². The van der Waals surface area contributed by atoms with E-state index in [2.05, 4.69) is 10.2 Å². The van der Waals surface area contributed by atoms with Crippen LogP contribution in [0.25, 0.3) is 0 Å². The molecule has 0 atom stereocenters. The van der Waals surface area contributed by atoms with Crippen LogP contribution in [0.15, 0.2) is 0 Å². The summed E-state index contributed by atoms with van der Waals surface area (Å²) >= 11 is 0. The molecule has 0 aromatic carbocycles. The van der Waals surface area contributed by atoms with Gasteiger partial charge in [-0.1, -0.05) is 19.3 Å². The molecule has 106 valence electrons. The van der Waals surface area contributed by atoms with Gasteiger partial charge in [0.1, 0.15) is 0 Å². The Labute approximate surface area is 112 Å². The molecular formula is C15H30N2O. The van der Waals surface area contributed by atoms with Crippen LogP contribution in [-0.2, 0) is 0 Å². The topological polar surface area (TPSA) is 35.5 Å². The average molecular weight is 254 g/mol. The summed E-state index contributed by atoms with van der Waals surface area (Å²) in [7, 11) is 0. The molecule has 1 aliphatic heterocycles. The summed E-state index contributed by atoms with van der Waals surface area (Å²) < 4.78 is 0. The largest absolute Gasteiger partial charge is 0.395 e. The van der Waals surface area contributed by atoms with Gasteiger partial charge in [0.2, 0.25) is 0 Å². The fourth-order valence-electron chi connectivity index (χ4n) is 3.56. The van der Waals surface area contributed by atoms with E-state index in [-0.39, 0.29) is 0 Å². The Morgan fingerprint density at radius 1 is 0.889 bits per heavy atom. The molecule has 0 bridgehead atoms. The minimum Gasteiger partial charge on any atom is -0.395 e. The van der Waals surface area contributed by atoms with E-state index >= 15 is 0 Å². The standard InChI is InChI=1S/C15H30N2O/c18-11-10-17(12-14-4-2-1-3-5-14)13-15-6-8-16-9-7-15/h14-16,18H,1-13H2. The third kappa shape index (κ3) is 4.87. The fraction of sp³-hybridized carbons (Fsp3) is 1.00. The Hall–Kier alpha value is -0.120. The average Bonchev–Trinajstić information content (AvgIpc) is 2.41. The number of hydrogen-bond donors (Lipinski definition) is 2. The van der Waals surface area contributed by atoms with Gasteiger partial charge in [-0.3, -0.25) is 0 Å². The van der Waals surface area contributed by atoms with Crippen LogP contribution in [0.1, 0.15) is 44.9 Å². The van der Waals surface area contributed by atoms with Crippen LogP contribution < -0.4 is 5.32 Å². The van der Waals surface area contributed by atoms with Crippen molar-refractivity contribution in [1.82, 2.24) is 10.2 Å². The lowest BCUT2D eigenvalue weighted by molar-refractivity contribution is 0.133. The van der Waals surface area contributed by atoms with Gasteiger partial charge < -0.3 is 15.3 Å². The molecule has 1 saturated heterocycles. The second kappa shape index (κ2) is 8.13. The summed E-state index contributed by atoms with van der Waals surface area (Å²) in [6, 6.07) is 0. The third-order valence-corrected chi connectivity index (χ3v) is 4.63. The number of piperidine rings is 1. The molecule has 0 amide bonds. The Bertz CT molecular complexity index is 191. The molecule has 0 spiro atoms. The first-order valence-electron chi connectivity index (χ1n) is 7.92. The summed E-state index contributed by atoms with van der Waals surface area (Å²) in [5, 5.41) is 12.7. The highest BCUT2D eigenvalue weighted by Gasteiger charge is 2.20. The van der Waals surface area contributed by atoms with Crippen molar-refractivity contribution in [1.29, 1.82) is 0 Å². The van der Waals surface area contributed by atoms with Gasteiger partial charge >= 0.3 is 0 Å².